The average molecular weight is 434 g/mol. The van der Waals surface area contributed by atoms with Gasteiger partial charge < -0.3 is 28.4 Å². The van der Waals surface area contributed by atoms with Gasteiger partial charge in [-0.2, -0.15) is 0 Å². The zero-order valence-electron chi connectivity index (χ0n) is 17.9. The molecular weight excluding hydrogens is 412 g/mol. The normalized spacial score (nSPS) is 11.4. The molecule has 8 nitrogen and oxygen atoms in total. The van der Waals surface area contributed by atoms with Gasteiger partial charge in [0.05, 0.1) is 34.1 Å². The summed E-state index contributed by atoms with van der Waals surface area (Å²) >= 11 is 0. The Kier molecular flexibility index (Phi) is 6.12. The highest BCUT2D eigenvalue weighted by Gasteiger charge is 2.16. The number of fused-ring (bicyclic) bond motifs is 1. The van der Waals surface area contributed by atoms with Crippen molar-refractivity contribution in [2.75, 3.05) is 21.3 Å². The lowest BCUT2D eigenvalue weighted by atomic mass is 10.1. The first-order valence-electron chi connectivity index (χ1n) is 9.81. The van der Waals surface area contributed by atoms with Crippen LogP contribution in [-0.2, 0) is 6.54 Å². The van der Waals surface area contributed by atoms with E-state index in [4.69, 9.17) is 23.0 Å². The number of para-hydroxylation sites is 1. The van der Waals surface area contributed by atoms with Gasteiger partial charge in [0.1, 0.15) is 28.5 Å². The fourth-order valence-electron chi connectivity index (χ4n) is 3.20. The number of hydrogen-bond donors (Lipinski definition) is 1. The lowest BCUT2D eigenvalue weighted by Crippen LogP contribution is -2.28. The Bertz CT molecular complexity index is 1310. The molecule has 0 aliphatic rings. The van der Waals surface area contributed by atoms with Crippen LogP contribution >= 0.6 is 0 Å². The Morgan fingerprint density at radius 1 is 0.969 bits per heavy atom. The Morgan fingerprint density at radius 3 is 2.53 bits per heavy atom. The first-order valence-corrected chi connectivity index (χ1v) is 9.81. The summed E-state index contributed by atoms with van der Waals surface area (Å²) in [5.74, 6) is 1.88. The van der Waals surface area contributed by atoms with Gasteiger partial charge in [0, 0.05) is 11.5 Å². The number of nitrogens with zero attached hydrogens (tertiary/aromatic N) is 1. The van der Waals surface area contributed by atoms with Gasteiger partial charge >= 0.3 is 0 Å². The summed E-state index contributed by atoms with van der Waals surface area (Å²) in [6, 6.07) is 15.9. The van der Waals surface area contributed by atoms with Crippen molar-refractivity contribution in [1.82, 2.24) is 5.32 Å². The molecule has 1 amide bonds. The highest BCUT2D eigenvalue weighted by molar-refractivity contribution is 5.97. The summed E-state index contributed by atoms with van der Waals surface area (Å²) in [4.78, 5) is 17.7. The lowest BCUT2D eigenvalue weighted by Gasteiger charge is -2.09. The molecule has 0 spiro atoms. The van der Waals surface area contributed by atoms with E-state index in [1.807, 2.05) is 12.1 Å². The fraction of sp³-hybridized carbons (Fsp3) is 0.167. The summed E-state index contributed by atoms with van der Waals surface area (Å²) < 4.78 is 27.5. The average Bonchev–Trinajstić information content (AvgIpc) is 3.35. The van der Waals surface area contributed by atoms with Crippen LogP contribution in [0.1, 0.15) is 16.1 Å². The molecular formula is C24H22N2O6. The van der Waals surface area contributed by atoms with Crippen LogP contribution in [0.3, 0.4) is 0 Å². The number of amides is 1. The van der Waals surface area contributed by atoms with Gasteiger partial charge in [-0.05, 0) is 36.4 Å². The minimum Gasteiger partial charge on any atom is -0.497 e. The molecule has 0 aliphatic heterocycles. The SMILES string of the molecule is COc1ccc(OC)c(N=c2oc3c(OC)cccc3cc2C(=O)NCc2ccco2)c1. The van der Waals surface area contributed by atoms with E-state index >= 15 is 0 Å². The molecule has 4 rings (SSSR count). The second kappa shape index (κ2) is 9.30. The third kappa shape index (κ3) is 4.29. The van der Waals surface area contributed by atoms with Gasteiger partial charge in [-0.25, -0.2) is 4.99 Å². The zero-order chi connectivity index (χ0) is 22.5. The molecule has 2 aromatic heterocycles. The van der Waals surface area contributed by atoms with E-state index in [-0.39, 0.29) is 23.6 Å². The van der Waals surface area contributed by atoms with Gasteiger partial charge in [-0.1, -0.05) is 12.1 Å². The van der Waals surface area contributed by atoms with E-state index in [2.05, 4.69) is 10.3 Å². The molecule has 0 fully saturated rings. The van der Waals surface area contributed by atoms with E-state index < -0.39 is 0 Å². The van der Waals surface area contributed by atoms with Gasteiger partial charge in [0.2, 0.25) is 5.55 Å². The summed E-state index contributed by atoms with van der Waals surface area (Å²) in [5, 5.41) is 3.53. The summed E-state index contributed by atoms with van der Waals surface area (Å²) in [6.07, 6.45) is 1.55. The molecule has 0 aliphatic carbocycles. The van der Waals surface area contributed by atoms with Crippen molar-refractivity contribution in [3.8, 4) is 17.2 Å². The number of ether oxygens (including phenoxy) is 3. The molecule has 0 unspecified atom stereocenters. The summed E-state index contributed by atoms with van der Waals surface area (Å²) in [6.45, 7) is 0.226. The van der Waals surface area contributed by atoms with E-state index in [0.29, 0.717) is 39.7 Å². The maximum Gasteiger partial charge on any atom is 0.257 e. The first kappa shape index (κ1) is 21.0. The van der Waals surface area contributed by atoms with Gasteiger partial charge in [0.25, 0.3) is 5.91 Å². The fourth-order valence-corrected chi connectivity index (χ4v) is 3.20. The quantitative estimate of drug-likeness (QED) is 0.468. The van der Waals surface area contributed by atoms with Crippen LogP contribution in [0, 0.1) is 0 Å². The van der Waals surface area contributed by atoms with Crippen LogP contribution in [0.15, 0.2) is 74.7 Å². The van der Waals surface area contributed by atoms with Crippen molar-refractivity contribution in [3.05, 3.63) is 77.7 Å². The number of nitrogens with one attached hydrogen (secondary N) is 1. The second-order valence-corrected chi connectivity index (χ2v) is 6.76. The van der Waals surface area contributed by atoms with Gasteiger partial charge in [-0.15, -0.1) is 0 Å². The number of methoxy groups -OCH3 is 3. The monoisotopic (exact) mass is 434 g/mol. The molecule has 0 radical (unpaired) electrons. The van der Waals surface area contributed by atoms with E-state index in [0.717, 1.165) is 0 Å². The molecule has 32 heavy (non-hydrogen) atoms. The molecule has 4 aromatic rings. The Labute approximate surface area is 184 Å². The number of carbonyl (C=O) groups excluding carboxylic acids is 1. The maximum absolute atomic E-state index is 13.1. The summed E-state index contributed by atoms with van der Waals surface area (Å²) in [5.41, 5.74) is 1.27. The smallest absolute Gasteiger partial charge is 0.257 e. The summed E-state index contributed by atoms with van der Waals surface area (Å²) in [7, 11) is 4.65. The largest absolute Gasteiger partial charge is 0.497 e. The van der Waals surface area contributed by atoms with E-state index in [1.165, 1.54) is 0 Å². The number of rotatable bonds is 7. The molecule has 164 valence electrons. The van der Waals surface area contributed by atoms with Crippen molar-refractivity contribution in [3.63, 3.8) is 0 Å². The van der Waals surface area contributed by atoms with Crippen LogP contribution < -0.4 is 25.1 Å². The molecule has 2 heterocycles. The molecule has 8 heteroatoms. The van der Waals surface area contributed by atoms with E-state index in [1.54, 1.807) is 70.1 Å². The molecule has 1 N–H and O–H groups in total. The Hall–Kier alpha value is -4.20. The Balaban J connectivity index is 1.88. The van der Waals surface area contributed by atoms with Crippen molar-refractivity contribution in [1.29, 1.82) is 0 Å². The highest BCUT2D eigenvalue weighted by atomic mass is 16.5. The van der Waals surface area contributed by atoms with Crippen LogP contribution in [0.5, 0.6) is 17.2 Å². The van der Waals surface area contributed by atoms with Crippen LogP contribution in [0.25, 0.3) is 11.0 Å². The minimum absolute atomic E-state index is 0.102. The van der Waals surface area contributed by atoms with Crippen molar-refractivity contribution in [2.45, 2.75) is 6.54 Å². The van der Waals surface area contributed by atoms with Crippen molar-refractivity contribution >= 4 is 22.6 Å². The number of furan rings is 1. The standard InChI is InChI=1S/C24H22N2O6/c1-28-16-9-10-20(29-2)19(13-16)26-24-18(23(27)25-14-17-7-5-11-31-17)12-15-6-4-8-21(30-3)22(15)32-24/h4-13H,14H2,1-3H3,(H,25,27). The second-order valence-electron chi connectivity index (χ2n) is 6.76. The van der Waals surface area contributed by atoms with Crippen LogP contribution in [0.4, 0.5) is 5.69 Å². The third-order valence-corrected chi connectivity index (χ3v) is 4.81. The first-order chi connectivity index (χ1) is 15.6. The van der Waals surface area contributed by atoms with Crippen molar-refractivity contribution in [2.24, 2.45) is 4.99 Å². The van der Waals surface area contributed by atoms with Crippen LogP contribution in [-0.4, -0.2) is 27.2 Å². The van der Waals surface area contributed by atoms with Gasteiger partial charge in [-0.3, -0.25) is 4.79 Å². The van der Waals surface area contributed by atoms with Crippen LogP contribution in [0.2, 0.25) is 0 Å². The number of carbonyl (C=O) groups is 1. The minimum atomic E-state index is -0.365. The lowest BCUT2D eigenvalue weighted by molar-refractivity contribution is 0.0944. The van der Waals surface area contributed by atoms with E-state index in [9.17, 15) is 4.79 Å². The number of hydrogen-bond acceptors (Lipinski definition) is 7. The molecule has 0 saturated carbocycles. The topological polar surface area (TPSA) is 95.4 Å². The molecule has 2 aromatic carbocycles. The predicted molar refractivity (Wildman–Crippen MR) is 117 cm³/mol. The van der Waals surface area contributed by atoms with Gasteiger partial charge in [0.15, 0.2) is 11.3 Å². The zero-order valence-corrected chi connectivity index (χ0v) is 17.9. The molecule has 0 atom stereocenters. The maximum atomic E-state index is 13.1. The number of benzene rings is 2. The van der Waals surface area contributed by atoms with Crippen molar-refractivity contribution < 1.29 is 27.8 Å². The third-order valence-electron chi connectivity index (χ3n) is 4.81. The highest BCUT2D eigenvalue weighted by Crippen LogP contribution is 2.31. The Morgan fingerprint density at radius 2 is 1.81 bits per heavy atom. The molecule has 0 saturated heterocycles. The molecule has 0 bridgehead atoms. The predicted octanol–water partition coefficient (Wildman–Crippen LogP) is 4.21.